The van der Waals surface area contributed by atoms with Crippen LogP contribution in [-0.2, 0) is 65.4 Å². The van der Waals surface area contributed by atoms with Gasteiger partial charge in [-0.2, -0.15) is 0 Å². The van der Waals surface area contributed by atoms with E-state index in [0.29, 0.717) is 25.7 Å². The molecule has 0 radical (unpaired) electrons. The molecule has 0 aliphatic rings. The van der Waals surface area contributed by atoms with Crippen LogP contribution >= 0.6 is 15.6 Å². The monoisotopic (exact) mass is 1370 g/mol. The molecule has 0 rings (SSSR count). The second-order valence-electron chi connectivity index (χ2n) is 26.9. The Kier molecular flexibility index (Phi) is 65.9. The number of unbranched alkanes of at least 4 members (excludes halogenated alkanes) is 45. The van der Waals surface area contributed by atoms with E-state index in [1.54, 1.807) is 0 Å². The average Bonchev–Trinajstić information content (AvgIpc) is 3.09. The fourth-order valence-corrected chi connectivity index (χ4v) is 12.9. The van der Waals surface area contributed by atoms with Crippen LogP contribution in [0.4, 0.5) is 0 Å². The molecule has 17 nitrogen and oxygen atoms in total. The molecule has 3 N–H and O–H groups in total. The highest BCUT2D eigenvalue weighted by molar-refractivity contribution is 7.47. The Hall–Kier alpha value is -1.94. The van der Waals surface area contributed by atoms with Gasteiger partial charge in [0.05, 0.1) is 26.4 Å². The fraction of sp³-hybridized carbons (Fsp3) is 0.946. The molecule has 0 aromatic rings. The lowest BCUT2D eigenvalue weighted by molar-refractivity contribution is -0.161. The van der Waals surface area contributed by atoms with Crippen LogP contribution in [0, 0.1) is 5.92 Å². The predicted octanol–water partition coefficient (Wildman–Crippen LogP) is 21.7. The molecule has 19 heteroatoms. The Morgan fingerprint density at radius 1 is 0.301 bits per heavy atom. The number of aliphatic hydroxyl groups excluding tert-OH is 1. The summed E-state index contributed by atoms with van der Waals surface area (Å²) in [7, 11) is -9.90. The van der Waals surface area contributed by atoms with Gasteiger partial charge in [-0.25, -0.2) is 9.13 Å². The van der Waals surface area contributed by atoms with Crippen molar-refractivity contribution < 1.29 is 80.2 Å². The molecule has 0 heterocycles. The van der Waals surface area contributed by atoms with E-state index in [4.69, 9.17) is 37.0 Å². The van der Waals surface area contributed by atoms with Gasteiger partial charge in [-0.1, -0.05) is 336 Å². The molecule has 552 valence electrons. The summed E-state index contributed by atoms with van der Waals surface area (Å²) >= 11 is 0. The molecule has 0 fully saturated rings. The minimum absolute atomic E-state index is 0.108. The van der Waals surface area contributed by atoms with E-state index < -0.39 is 97.5 Å². The Balaban J connectivity index is 5.23. The van der Waals surface area contributed by atoms with E-state index in [9.17, 15) is 43.2 Å². The first-order valence-corrected chi connectivity index (χ1v) is 41.7. The van der Waals surface area contributed by atoms with Crippen molar-refractivity contribution in [2.45, 2.75) is 406 Å². The standard InChI is InChI=1S/C74H144O17P2/c1-6-10-13-16-19-22-24-26-27-28-29-30-31-33-40-45-50-55-60-74(79)91-70(64-85-72(77)58-53-48-43-38-35-34-37-41-46-51-56-67(5)9-4)66-89-93(82,83)87-62-68(75)61-86-92(80,81)88-65-69(63-84-71(76)57-52-47-42-36-21-18-15-12-8-3)90-73(78)59-54-49-44-39-32-25-23-20-17-14-11-7-2/h67-70,75H,6-66H2,1-5H3,(H,80,81)(H,82,83)/t67?,68-,69+,70+/m0/s1. The Morgan fingerprint density at radius 2 is 0.516 bits per heavy atom. The van der Waals surface area contributed by atoms with Gasteiger partial charge >= 0.3 is 39.5 Å². The molecule has 0 aliphatic carbocycles. The zero-order valence-corrected chi connectivity index (χ0v) is 62.2. The quantitative estimate of drug-likeness (QED) is 0.0222. The Morgan fingerprint density at radius 3 is 0.763 bits per heavy atom. The molecule has 0 aliphatic heterocycles. The van der Waals surface area contributed by atoms with Crippen LogP contribution in [0.15, 0.2) is 0 Å². The predicted molar refractivity (Wildman–Crippen MR) is 377 cm³/mol. The summed E-state index contributed by atoms with van der Waals surface area (Å²) < 4.78 is 68.4. The van der Waals surface area contributed by atoms with Crippen LogP contribution in [0.25, 0.3) is 0 Å². The molecule has 0 saturated heterocycles. The van der Waals surface area contributed by atoms with Crippen LogP contribution in [0.5, 0.6) is 0 Å². The van der Waals surface area contributed by atoms with E-state index >= 15 is 0 Å². The number of ether oxygens (including phenoxy) is 4. The zero-order chi connectivity index (χ0) is 68.4. The van der Waals surface area contributed by atoms with E-state index in [1.807, 2.05) is 0 Å². The average molecular weight is 1370 g/mol. The third-order valence-electron chi connectivity index (χ3n) is 17.6. The van der Waals surface area contributed by atoms with Crippen LogP contribution < -0.4 is 0 Å². The normalized spacial score (nSPS) is 14.3. The van der Waals surface area contributed by atoms with Crippen molar-refractivity contribution in [2.24, 2.45) is 5.92 Å². The third kappa shape index (κ3) is 67.0. The SMILES string of the molecule is CCCCCCCCCCCCCCCCCCCCC(=O)O[C@H](COC(=O)CCCCCCCCCCCCC(C)CC)COP(=O)(O)OC[C@@H](O)COP(=O)(O)OC[C@@H](COC(=O)CCCCCCCCCCC)OC(=O)CCCCCCCCCCCCCC. The summed E-state index contributed by atoms with van der Waals surface area (Å²) in [6.07, 6.45) is 55.3. The van der Waals surface area contributed by atoms with Gasteiger partial charge in [-0.3, -0.25) is 37.3 Å². The number of rotatable bonds is 74. The summed E-state index contributed by atoms with van der Waals surface area (Å²) in [5, 5.41) is 10.6. The van der Waals surface area contributed by atoms with Gasteiger partial charge in [0, 0.05) is 25.7 Å². The van der Waals surface area contributed by atoms with Crippen molar-refractivity contribution in [2.75, 3.05) is 39.6 Å². The molecular formula is C74H144O17P2. The summed E-state index contributed by atoms with van der Waals surface area (Å²) in [6, 6.07) is 0. The maximum Gasteiger partial charge on any atom is 0.472 e. The summed E-state index contributed by atoms with van der Waals surface area (Å²) in [5.74, 6) is -1.31. The van der Waals surface area contributed by atoms with Crippen molar-refractivity contribution in [3.63, 3.8) is 0 Å². The molecule has 0 aromatic heterocycles. The van der Waals surface area contributed by atoms with Crippen molar-refractivity contribution >= 4 is 39.5 Å². The van der Waals surface area contributed by atoms with Crippen LogP contribution in [0.3, 0.4) is 0 Å². The summed E-state index contributed by atoms with van der Waals surface area (Å²) in [5.41, 5.74) is 0. The fourth-order valence-electron chi connectivity index (χ4n) is 11.3. The van der Waals surface area contributed by atoms with Gasteiger partial charge in [0.2, 0.25) is 0 Å². The molecule has 0 bridgehead atoms. The van der Waals surface area contributed by atoms with Gasteiger partial charge in [-0.05, 0) is 31.6 Å². The zero-order valence-electron chi connectivity index (χ0n) is 60.4. The maximum absolute atomic E-state index is 13.1. The van der Waals surface area contributed by atoms with E-state index in [2.05, 4.69) is 34.6 Å². The van der Waals surface area contributed by atoms with Crippen LogP contribution in [0.2, 0.25) is 0 Å². The lowest BCUT2D eigenvalue weighted by Crippen LogP contribution is -2.30. The van der Waals surface area contributed by atoms with Crippen LogP contribution in [-0.4, -0.2) is 96.7 Å². The van der Waals surface area contributed by atoms with Crippen molar-refractivity contribution in [3.05, 3.63) is 0 Å². The number of aliphatic hydroxyl groups is 1. The molecule has 93 heavy (non-hydrogen) atoms. The molecule has 0 saturated carbocycles. The van der Waals surface area contributed by atoms with Gasteiger partial charge in [-0.15, -0.1) is 0 Å². The molecule has 0 spiro atoms. The first-order valence-electron chi connectivity index (χ1n) is 38.7. The maximum atomic E-state index is 13.1. The minimum atomic E-state index is -4.95. The van der Waals surface area contributed by atoms with Crippen molar-refractivity contribution in [1.82, 2.24) is 0 Å². The van der Waals surface area contributed by atoms with Gasteiger partial charge in [0.1, 0.15) is 19.3 Å². The number of phosphoric acid groups is 2. The highest BCUT2D eigenvalue weighted by Gasteiger charge is 2.30. The van der Waals surface area contributed by atoms with E-state index in [1.165, 1.54) is 212 Å². The second-order valence-corrected chi connectivity index (χ2v) is 29.8. The van der Waals surface area contributed by atoms with Gasteiger partial charge < -0.3 is 33.8 Å². The van der Waals surface area contributed by atoms with E-state index in [-0.39, 0.29) is 25.7 Å². The second kappa shape index (κ2) is 67.3. The number of carbonyl (C=O) groups is 4. The third-order valence-corrected chi connectivity index (χ3v) is 19.5. The van der Waals surface area contributed by atoms with Crippen molar-refractivity contribution in [1.29, 1.82) is 0 Å². The van der Waals surface area contributed by atoms with Crippen molar-refractivity contribution in [3.8, 4) is 0 Å². The smallest absolute Gasteiger partial charge is 0.462 e. The lowest BCUT2D eigenvalue weighted by atomic mass is 9.99. The number of hydrogen-bond donors (Lipinski definition) is 3. The largest absolute Gasteiger partial charge is 0.472 e. The Bertz CT molecular complexity index is 1790. The molecular weight excluding hydrogens is 1220 g/mol. The number of esters is 4. The lowest BCUT2D eigenvalue weighted by Gasteiger charge is -2.21. The molecule has 3 unspecified atom stereocenters. The van der Waals surface area contributed by atoms with Crippen LogP contribution in [0.1, 0.15) is 388 Å². The number of hydrogen-bond acceptors (Lipinski definition) is 15. The van der Waals surface area contributed by atoms with Gasteiger partial charge in [0.15, 0.2) is 12.2 Å². The Labute approximate surface area is 568 Å². The number of carbonyl (C=O) groups excluding carboxylic acids is 4. The molecule has 6 atom stereocenters. The van der Waals surface area contributed by atoms with Gasteiger partial charge in [0.25, 0.3) is 0 Å². The van der Waals surface area contributed by atoms with E-state index in [0.717, 1.165) is 95.8 Å². The number of phosphoric ester groups is 2. The molecule has 0 aromatic carbocycles. The molecule has 0 amide bonds. The summed E-state index contributed by atoms with van der Waals surface area (Å²) in [6.45, 7) is 7.29. The highest BCUT2D eigenvalue weighted by Crippen LogP contribution is 2.45. The first-order chi connectivity index (χ1) is 45.1. The highest BCUT2D eigenvalue weighted by atomic mass is 31.2. The summed E-state index contributed by atoms with van der Waals surface area (Å²) in [4.78, 5) is 72.7. The topological polar surface area (TPSA) is 237 Å². The first kappa shape index (κ1) is 91.1. The minimum Gasteiger partial charge on any atom is -0.462 e.